The molecule has 1 atom stereocenters. The van der Waals surface area contributed by atoms with Crippen molar-refractivity contribution < 1.29 is 14.6 Å². The van der Waals surface area contributed by atoms with E-state index in [1.807, 2.05) is 20.2 Å². The van der Waals surface area contributed by atoms with E-state index < -0.39 is 5.60 Å². The Labute approximate surface area is 108 Å². The van der Waals surface area contributed by atoms with Crippen LogP contribution < -0.4 is 4.74 Å². The van der Waals surface area contributed by atoms with Crippen molar-refractivity contribution in [3.63, 3.8) is 0 Å². The summed E-state index contributed by atoms with van der Waals surface area (Å²) >= 11 is 0. The lowest BCUT2D eigenvalue weighted by atomic mass is 9.99. The minimum Gasteiger partial charge on any atom is -0.473 e. The minimum atomic E-state index is -0.888. The second-order valence-corrected chi connectivity index (χ2v) is 5.31. The Bertz CT molecular complexity index is 393. The minimum absolute atomic E-state index is 0.192. The van der Waals surface area contributed by atoms with E-state index in [-0.39, 0.29) is 12.5 Å². The fourth-order valence-electron chi connectivity index (χ4n) is 1.66. The van der Waals surface area contributed by atoms with E-state index in [1.165, 1.54) is 0 Å². The van der Waals surface area contributed by atoms with E-state index in [0.29, 0.717) is 12.3 Å². The SMILES string of the molecule is CC(CCC=O)c1cn(C)nc1OCC(C)(C)O. The lowest BCUT2D eigenvalue weighted by Gasteiger charge is -2.18. The number of carbonyl (C=O) groups excluding carboxylic acids is 1. The van der Waals surface area contributed by atoms with Gasteiger partial charge in [-0.05, 0) is 26.2 Å². The molecule has 18 heavy (non-hydrogen) atoms. The third kappa shape index (κ3) is 4.49. The first-order valence-electron chi connectivity index (χ1n) is 6.16. The van der Waals surface area contributed by atoms with Crippen LogP contribution in [0.4, 0.5) is 0 Å². The van der Waals surface area contributed by atoms with Crippen molar-refractivity contribution in [2.45, 2.75) is 45.1 Å². The van der Waals surface area contributed by atoms with Crippen LogP contribution in [-0.4, -0.2) is 33.4 Å². The van der Waals surface area contributed by atoms with Crippen LogP contribution in [0.25, 0.3) is 0 Å². The van der Waals surface area contributed by atoms with Crippen LogP contribution in [0.5, 0.6) is 5.88 Å². The van der Waals surface area contributed by atoms with Crippen LogP contribution in [0.3, 0.4) is 0 Å². The predicted molar refractivity (Wildman–Crippen MR) is 68.7 cm³/mol. The molecule has 0 radical (unpaired) electrons. The second kappa shape index (κ2) is 6.00. The molecule has 102 valence electrons. The third-order valence-electron chi connectivity index (χ3n) is 2.63. The molecule has 0 aromatic carbocycles. The topological polar surface area (TPSA) is 64.4 Å². The summed E-state index contributed by atoms with van der Waals surface area (Å²) in [6.07, 6.45) is 4.12. The molecule has 1 N–H and O–H groups in total. The molecule has 0 fully saturated rings. The van der Waals surface area contributed by atoms with E-state index in [1.54, 1.807) is 18.5 Å². The van der Waals surface area contributed by atoms with Crippen molar-refractivity contribution >= 4 is 6.29 Å². The maximum atomic E-state index is 10.4. The molecule has 1 aromatic rings. The maximum absolute atomic E-state index is 10.4. The maximum Gasteiger partial charge on any atom is 0.236 e. The zero-order valence-electron chi connectivity index (χ0n) is 11.5. The monoisotopic (exact) mass is 254 g/mol. The van der Waals surface area contributed by atoms with Crippen LogP contribution in [0.2, 0.25) is 0 Å². The van der Waals surface area contributed by atoms with E-state index in [2.05, 4.69) is 5.10 Å². The summed E-state index contributed by atoms with van der Waals surface area (Å²) in [5, 5.41) is 13.9. The Hall–Kier alpha value is -1.36. The van der Waals surface area contributed by atoms with Gasteiger partial charge in [-0.15, -0.1) is 5.10 Å². The molecular weight excluding hydrogens is 232 g/mol. The van der Waals surface area contributed by atoms with Crippen LogP contribution in [-0.2, 0) is 11.8 Å². The van der Waals surface area contributed by atoms with Crippen molar-refractivity contribution in [1.29, 1.82) is 0 Å². The molecule has 5 heteroatoms. The average Bonchev–Trinajstić information content (AvgIpc) is 2.64. The number of aromatic nitrogens is 2. The van der Waals surface area contributed by atoms with E-state index in [4.69, 9.17) is 4.74 Å². The van der Waals surface area contributed by atoms with Gasteiger partial charge in [0, 0.05) is 25.2 Å². The van der Waals surface area contributed by atoms with Gasteiger partial charge in [-0.25, -0.2) is 0 Å². The van der Waals surface area contributed by atoms with Crippen molar-refractivity contribution in [2.24, 2.45) is 7.05 Å². The lowest BCUT2D eigenvalue weighted by molar-refractivity contribution is -0.108. The highest BCUT2D eigenvalue weighted by molar-refractivity contribution is 5.49. The first-order chi connectivity index (χ1) is 8.33. The molecule has 0 saturated carbocycles. The number of aryl methyl sites for hydroxylation is 1. The highest BCUT2D eigenvalue weighted by Gasteiger charge is 2.19. The fraction of sp³-hybridized carbons (Fsp3) is 0.692. The Morgan fingerprint density at radius 3 is 2.83 bits per heavy atom. The van der Waals surface area contributed by atoms with Gasteiger partial charge in [0.2, 0.25) is 5.88 Å². The first-order valence-corrected chi connectivity index (χ1v) is 6.16. The van der Waals surface area contributed by atoms with Gasteiger partial charge >= 0.3 is 0 Å². The Balaban J connectivity index is 2.75. The van der Waals surface area contributed by atoms with Gasteiger partial charge in [-0.3, -0.25) is 4.68 Å². The highest BCUT2D eigenvalue weighted by atomic mass is 16.5. The predicted octanol–water partition coefficient (Wildman–Crippen LogP) is 1.65. The summed E-state index contributed by atoms with van der Waals surface area (Å²) in [5.41, 5.74) is 0.0875. The molecule has 1 aromatic heterocycles. The number of hydrogen-bond donors (Lipinski definition) is 1. The largest absolute Gasteiger partial charge is 0.473 e. The molecule has 0 saturated heterocycles. The van der Waals surface area contributed by atoms with Crippen LogP contribution in [0, 0.1) is 0 Å². The summed E-state index contributed by atoms with van der Waals surface area (Å²) in [4.78, 5) is 10.4. The number of aliphatic hydroxyl groups is 1. The van der Waals surface area contributed by atoms with Crippen molar-refractivity contribution in [2.75, 3.05) is 6.61 Å². The van der Waals surface area contributed by atoms with Gasteiger partial charge in [-0.1, -0.05) is 6.92 Å². The molecule has 0 aliphatic rings. The molecule has 0 aliphatic carbocycles. The Morgan fingerprint density at radius 1 is 1.61 bits per heavy atom. The number of ether oxygens (including phenoxy) is 1. The Morgan fingerprint density at radius 2 is 2.28 bits per heavy atom. The van der Waals surface area contributed by atoms with Gasteiger partial charge in [0.25, 0.3) is 0 Å². The zero-order chi connectivity index (χ0) is 13.8. The van der Waals surface area contributed by atoms with Crippen molar-refractivity contribution in [3.05, 3.63) is 11.8 Å². The lowest BCUT2D eigenvalue weighted by Crippen LogP contribution is -2.28. The van der Waals surface area contributed by atoms with E-state index >= 15 is 0 Å². The first kappa shape index (κ1) is 14.7. The molecule has 5 nitrogen and oxygen atoms in total. The van der Waals surface area contributed by atoms with Crippen LogP contribution >= 0.6 is 0 Å². The highest BCUT2D eigenvalue weighted by Crippen LogP contribution is 2.28. The summed E-state index contributed by atoms with van der Waals surface area (Å²) in [6, 6.07) is 0. The number of nitrogens with zero attached hydrogens (tertiary/aromatic N) is 2. The summed E-state index contributed by atoms with van der Waals surface area (Å²) in [6.45, 7) is 5.60. The third-order valence-corrected chi connectivity index (χ3v) is 2.63. The number of hydrogen-bond acceptors (Lipinski definition) is 4. The van der Waals surface area contributed by atoms with Gasteiger partial charge in [-0.2, -0.15) is 0 Å². The summed E-state index contributed by atoms with van der Waals surface area (Å²) in [5.74, 6) is 0.749. The zero-order valence-corrected chi connectivity index (χ0v) is 11.5. The van der Waals surface area contributed by atoms with Crippen LogP contribution in [0.15, 0.2) is 6.20 Å². The molecule has 1 heterocycles. The van der Waals surface area contributed by atoms with E-state index in [0.717, 1.165) is 18.3 Å². The Kier molecular flexibility index (Phi) is 4.90. The molecule has 0 bridgehead atoms. The second-order valence-electron chi connectivity index (χ2n) is 5.31. The van der Waals surface area contributed by atoms with Gasteiger partial charge in [0.1, 0.15) is 12.9 Å². The average molecular weight is 254 g/mol. The van der Waals surface area contributed by atoms with Crippen LogP contribution in [0.1, 0.15) is 45.1 Å². The van der Waals surface area contributed by atoms with Gasteiger partial charge < -0.3 is 14.6 Å². The molecule has 1 rings (SSSR count). The molecular formula is C13H22N2O3. The summed E-state index contributed by atoms with van der Waals surface area (Å²) < 4.78 is 7.24. The smallest absolute Gasteiger partial charge is 0.236 e. The quantitative estimate of drug-likeness (QED) is 0.751. The number of rotatable bonds is 7. The molecule has 0 aliphatic heterocycles. The normalized spacial score (nSPS) is 13.4. The van der Waals surface area contributed by atoms with Gasteiger partial charge in [0.15, 0.2) is 0 Å². The summed E-state index contributed by atoms with van der Waals surface area (Å²) in [7, 11) is 1.83. The van der Waals surface area contributed by atoms with E-state index in [9.17, 15) is 9.90 Å². The molecule has 1 unspecified atom stereocenters. The number of carbonyl (C=O) groups is 1. The standard InChI is InChI=1S/C13H22N2O3/c1-10(6-5-7-16)11-8-15(4)14-12(11)18-9-13(2,3)17/h7-8,10,17H,5-6,9H2,1-4H3. The van der Waals surface area contributed by atoms with Crippen molar-refractivity contribution in [3.8, 4) is 5.88 Å². The molecule has 0 spiro atoms. The number of aldehydes is 1. The fourth-order valence-corrected chi connectivity index (χ4v) is 1.66. The van der Waals surface area contributed by atoms with Gasteiger partial charge in [0.05, 0.1) is 5.60 Å². The molecule has 0 amide bonds. The van der Waals surface area contributed by atoms with Crippen molar-refractivity contribution in [1.82, 2.24) is 9.78 Å².